The van der Waals surface area contributed by atoms with Crippen LogP contribution in [-0.4, -0.2) is 27.7 Å². The Morgan fingerprint density at radius 3 is 2.47 bits per heavy atom. The number of nitriles is 1. The Balaban J connectivity index is 2.03. The minimum absolute atomic E-state index is 0.106. The van der Waals surface area contributed by atoms with E-state index in [1.165, 1.54) is 36.1 Å². The van der Waals surface area contributed by atoms with Crippen molar-refractivity contribution in [2.24, 2.45) is 0 Å². The van der Waals surface area contributed by atoms with Crippen LogP contribution >= 0.6 is 23.4 Å². The Kier molecular flexibility index (Phi) is 7.83. The molecule has 0 fully saturated rings. The van der Waals surface area contributed by atoms with Crippen molar-refractivity contribution in [1.29, 1.82) is 5.26 Å². The van der Waals surface area contributed by atoms with E-state index in [4.69, 9.17) is 9.79 Å². The molecule has 1 amide bonds. The molecule has 0 aliphatic carbocycles. The molecule has 1 aromatic heterocycles. The van der Waals surface area contributed by atoms with Crippen molar-refractivity contribution in [1.82, 2.24) is 9.78 Å². The number of aryl methyl sites for hydroxylation is 2. The summed E-state index contributed by atoms with van der Waals surface area (Å²) in [6.45, 7) is 1.76. The number of hydrogen-bond acceptors (Lipinski definition) is 7. The third kappa shape index (κ3) is 5.51. The second kappa shape index (κ2) is 10.6. The summed E-state index contributed by atoms with van der Waals surface area (Å²) >= 11 is 3.32. The third-order valence-electron chi connectivity index (χ3n) is 4.78. The van der Waals surface area contributed by atoms with Crippen LogP contribution in [0.3, 0.4) is 0 Å². The first kappa shape index (κ1) is 25.1. The van der Waals surface area contributed by atoms with Crippen molar-refractivity contribution in [2.45, 2.75) is 19.9 Å². The number of rotatable bonds is 9. The maximum Gasteiger partial charge on any atom is 0.329 e. The molecular formula is C21H20BrN6O5P. The molecule has 34 heavy (non-hydrogen) atoms. The molecule has 13 heteroatoms. The first-order valence-corrected chi connectivity index (χ1v) is 12.3. The topological polar surface area (TPSA) is 152 Å². The molecule has 0 radical (unpaired) electrons. The average molecular weight is 547 g/mol. The zero-order chi connectivity index (χ0) is 24.9. The molecule has 176 valence electrons. The minimum Gasteiger partial charge on any atom is -0.313 e. The van der Waals surface area contributed by atoms with E-state index < -0.39 is 18.4 Å². The molecule has 3 aromatic rings. The Bertz CT molecular complexity index is 1300. The van der Waals surface area contributed by atoms with Gasteiger partial charge >= 0.3 is 7.52 Å². The number of carbonyl (C=O) groups is 1. The number of nitro benzene ring substituents is 1. The van der Waals surface area contributed by atoms with Crippen molar-refractivity contribution >= 4 is 51.9 Å². The van der Waals surface area contributed by atoms with Gasteiger partial charge in [0.15, 0.2) is 0 Å². The summed E-state index contributed by atoms with van der Waals surface area (Å²) in [5.41, 5.74) is 0.866. The van der Waals surface area contributed by atoms with E-state index in [9.17, 15) is 19.5 Å². The molecule has 1 atom stereocenters. The fourth-order valence-electron chi connectivity index (χ4n) is 3.17. The number of aromatic nitrogens is 2. The van der Waals surface area contributed by atoms with Gasteiger partial charge in [0.1, 0.15) is 11.1 Å². The van der Waals surface area contributed by atoms with E-state index in [-0.39, 0.29) is 29.8 Å². The van der Waals surface area contributed by atoms with Gasteiger partial charge in [-0.05, 0) is 43.3 Å². The van der Waals surface area contributed by atoms with Crippen LogP contribution in [-0.2, 0) is 15.6 Å². The quantitative estimate of drug-likeness (QED) is 0.224. The Morgan fingerprint density at radius 2 is 1.91 bits per heavy atom. The van der Waals surface area contributed by atoms with Crippen LogP contribution in [0, 0.1) is 28.4 Å². The number of non-ortho nitro benzene ring substituents is 1. The summed E-state index contributed by atoms with van der Waals surface area (Å²) in [5.74, 6) is -0.342. The lowest BCUT2D eigenvalue weighted by Gasteiger charge is -2.20. The number of carbonyl (C=O) groups excluding carboxylic acids is 1. The monoisotopic (exact) mass is 546 g/mol. The van der Waals surface area contributed by atoms with Gasteiger partial charge in [-0.15, -0.1) is 0 Å². The number of halogens is 1. The predicted octanol–water partition coefficient (Wildman–Crippen LogP) is 4.61. The minimum atomic E-state index is -3.86. The van der Waals surface area contributed by atoms with Gasteiger partial charge in [-0.1, -0.05) is 15.9 Å². The number of amides is 1. The summed E-state index contributed by atoms with van der Waals surface area (Å²) in [6.07, 6.45) is 0.106. The smallest absolute Gasteiger partial charge is 0.313 e. The fraction of sp³-hybridized carbons (Fsp3) is 0.190. The molecule has 3 rings (SSSR count). The Morgan fingerprint density at radius 1 is 1.26 bits per heavy atom. The van der Waals surface area contributed by atoms with Crippen LogP contribution in [0.15, 0.2) is 53.0 Å². The van der Waals surface area contributed by atoms with Gasteiger partial charge in [0, 0.05) is 35.0 Å². The maximum absolute atomic E-state index is 13.9. The molecule has 2 N–H and O–H groups in total. The molecule has 0 aliphatic rings. The van der Waals surface area contributed by atoms with E-state index in [0.717, 1.165) is 4.47 Å². The molecule has 1 heterocycles. The number of hydrogen-bond donors (Lipinski definition) is 2. The van der Waals surface area contributed by atoms with Gasteiger partial charge in [-0.3, -0.25) is 19.5 Å². The second-order valence-corrected chi connectivity index (χ2v) is 10.1. The first-order chi connectivity index (χ1) is 16.2. The highest BCUT2D eigenvalue weighted by atomic mass is 79.9. The van der Waals surface area contributed by atoms with Crippen LogP contribution in [0.5, 0.6) is 0 Å². The van der Waals surface area contributed by atoms with Crippen molar-refractivity contribution in [2.75, 3.05) is 17.5 Å². The van der Waals surface area contributed by atoms with Crippen molar-refractivity contribution < 1.29 is 18.8 Å². The fourth-order valence-corrected chi connectivity index (χ4v) is 5.23. The van der Waals surface area contributed by atoms with Gasteiger partial charge in [-0.2, -0.15) is 10.4 Å². The van der Waals surface area contributed by atoms with E-state index in [2.05, 4.69) is 31.4 Å². The van der Waals surface area contributed by atoms with Crippen LogP contribution < -0.4 is 15.7 Å². The lowest BCUT2D eigenvalue weighted by molar-refractivity contribution is -0.384. The molecule has 0 spiro atoms. The average Bonchev–Trinajstić information content (AvgIpc) is 3.13. The second-order valence-electron chi connectivity index (χ2n) is 7.02. The molecule has 0 saturated heterocycles. The summed E-state index contributed by atoms with van der Waals surface area (Å²) in [5, 5.41) is 30.0. The molecule has 11 nitrogen and oxygen atoms in total. The van der Waals surface area contributed by atoms with E-state index >= 15 is 0 Å². The highest BCUT2D eigenvalue weighted by Crippen LogP contribution is 2.48. The lowest BCUT2D eigenvalue weighted by atomic mass is 10.2. The number of nitrogens with zero attached hydrogens (tertiary/aromatic N) is 4. The van der Waals surface area contributed by atoms with Crippen molar-refractivity contribution in [3.8, 4) is 6.07 Å². The van der Waals surface area contributed by atoms with Gasteiger partial charge in [0.2, 0.25) is 0 Å². The Labute approximate surface area is 203 Å². The summed E-state index contributed by atoms with van der Waals surface area (Å²) in [6, 6.07) is 14.0. The largest absolute Gasteiger partial charge is 0.329 e. The molecule has 0 bridgehead atoms. The SMILES string of the molecule is COP(=O)(Nc1ccc([N+](=O)[O-])cc1)c1c(C)nn(CCC#N)c1NC(=O)c1ccc(Br)cc1. The first-order valence-electron chi connectivity index (χ1n) is 9.89. The highest BCUT2D eigenvalue weighted by Gasteiger charge is 2.35. The van der Waals surface area contributed by atoms with Crippen LogP contribution in [0.25, 0.3) is 0 Å². The summed E-state index contributed by atoms with van der Waals surface area (Å²) < 4.78 is 21.5. The maximum atomic E-state index is 13.9. The van der Waals surface area contributed by atoms with Gasteiger partial charge in [0.25, 0.3) is 11.6 Å². The van der Waals surface area contributed by atoms with Crippen molar-refractivity contribution in [3.05, 3.63) is 74.4 Å². The molecular weight excluding hydrogens is 527 g/mol. The number of nitrogens with one attached hydrogen (secondary N) is 2. The van der Waals surface area contributed by atoms with Crippen molar-refractivity contribution in [3.63, 3.8) is 0 Å². The van der Waals surface area contributed by atoms with Crippen LogP contribution in [0.1, 0.15) is 22.5 Å². The number of nitro groups is 1. The third-order valence-corrected chi connectivity index (χ3v) is 7.50. The zero-order valence-corrected chi connectivity index (χ0v) is 20.7. The van der Waals surface area contributed by atoms with E-state index in [0.29, 0.717) is 16.9 Å². The van der Waals surface area contributed by atoms with Crippen LogP contribution in [0.4, 0.5) is 17.2 Å². The van der Waals surface area contributed by atoms with Gasteiger partial charge < -0.3 is 14.9 Å². The number of anilines is 2. The van der Waals surface area contributed by atoms with Gasteiger partial charge in [-0.25, -0.2) is 4.68 Å². The lowest BCUT2D eigenvalue weighted by Crippen LogP contribution is -2.23. The Hall–Kier alpha value is -3.52. The molecule has 2 aromatic carbocycles. The number of benzene rings is 2. The summed E-state index contributed by atoms with van der Waals surface area (Å²) in [4.78, 5) is 23.3. The standard InChI is InChI=1S/C21H20BrN6O5P/c1-14-19(34(32,33-2)26-17-8-10-18(11-9-17)28(30)31)20(27(25-14)13-3-12-23)24-21(29)15-4-6-16(22)7-5-15/h4-11H,3,13H2,1-2H3,(H,24,29)(H,26,32). The molecule has 0 aliphatic heterocycles. The normalized spacial score (nSPS) is 12.4. The van der Waals surface area contributed by atoms with E-state index in [1.807, 2.05) is 6.07 Å². The predicted molar refractivity (Wildman–Crippen MR) is 130 cm³/mol. The zero-order valence-electron chi connectivity index (χ0n) is 18.2. The van der Waals surface area contributed by atoms with Gasteiger partial charge in [0.05, 0.1) is 29.7 Å². The summed E-state index contributed by atoms with van der Waals surface area (Å²) in [7, 11) is -2.62. The molecule has 0 saturated carbocycles. The highest BCUT2D eigenvalue weighted by molar-refractivity contribution is 9.10. The van der Waals surface area contributed by atoms with E-state index in [1.54, 1.807) is 31.2 Å². The molecule has 1 unspecified atom stereocenters. The van der Waals surface area contributed by atoms with Crippen LogP contribution in [0.2, 0.25) is 0 Å².